The van der Waals surface area contributed by atoms with Gasteiger partial charge in [-0.05, 0) is 67.9 Å². The molecule has 1 aliphatic carbocycles. The minimum absolute atomic E-state index is 0.0923. The summed E-state index contributed by atoms with van der Waals surface area (Å²) in [6, 6.07) is 10.3. The minimum Gasteiger partial charge on any atom is -0.361 e. The van der Waals surface area contributed by atoms with Crippen LogP contribution in [-0.2, 0) is 5.41 Å². The van der Waals surface area contributed by atoms with E-state index >= 15 is 0 Å². The summed E-state index contributed by atoms with van der Waals surface area (Å²) >= 11 is 11.7. The van der Waals surface area contributed by atoms with E-state index in [0.717, 1.165) is 49.0 Å². The smallest absolute Gasteiger partial charge is 0.231 e. The third-order valence-corrected chi connectivity index (χ3v) is 7.36. The van der Waals surface area contributed by atoms with Gasteiger partial charge in [-0.3, -0.25) is 0 Å². The number of halogens is 1. The monoisotopic (exact) mass is 471 g/mol. The molecule has 0 spiro atoms. The predicted molar refractivity (Wildman–Crippen MR) is 138 cm³/mol. The highest BCUT2D eigenvalue weighted by molar-refractivity contribution is 7.80. The second-order valence-corrected chi connectivity index (χ2v) is 10.7. The first-order chi connectivity index (χ1) is 15.3. The minimum atomic E-state index is 0.0923. The number of anilines is 2. The Morgan fingerprint density at radius 3 is 2.44 bits per heavy atom. The topological polar surface area (TPSA) is 53.1 Å². The Kier molecular flexibility index (Phi) is 7.21. The van der Waals surface area contributed by atoms with Crippen LogP contribution < -0.4 is 15.5 Å². The molecule has 2 aliphatic rings. The maximum Gasteiger partial charge on any atom is 0.231 e. The molecule has 2 heterocycles. The average Bonchev–Trinajstić information content (AvgIpc) is 3.22. The largest absolute Gasteiger partial charge is 0.361 e. The summed E-state index contributed by atoms with van der Waals surface area (Å²) in [6.45, 7) is 9.50. The fourth-order valence-electron chi connectivity index (χ4n) is 5.44. The van der Waals surface area contributed by atoms with Crippen LogP contribution in [0.1, 0.15) is 57.2 Å². The van der Waals surface area contributed by atoms with Gasteiger partial charge >= 0.3 is 0 Å². The molecule has 32 heavy (non-hydrogen) atoms. The number of aryl methyl sites for hydroxylation is 1. The highest BCUT2D eigenvalue weighted by atomic mass is 35.5. The number of thiocarbonyl (C=S) groups is 1. The van der Waals surface area contributed by atoms with Crippen molar-refractivity contribution in [2.75, 3.05) is 29.9 Å². The molecule has 2 fully saturated rings. The molecule has 1 aliphatic heterocycles. The molecule has 2 atom stereocenters. The molecule has 2 unspecified atom stereocenters. The third-order valence-electron chi connectivity index (χ3n) is 6.86. The summed E-state index contributed by atoms with van der Waals surface area (Å²) in [7, 11) is 0. The summed E-state index contributed by atoms with van der Waals surface area (Å²) in [5.74, 6) is 2.89. The SMILES string of the molecule is Cc1cc(N2CC(C)CC(C)C2)nc(NC(=S)NCC2(c3ccc(Cl)cc3)CCCC2)n1. The number of nitrogens with zero attached hydrogens (tertiary/aromatic N) is 3. The van der Waals surface area contributed by atoms with E-state index in [9.17, 15) is 0 Å². The molecular formula is C25H34ClN5S. The molecule has 7 heteroatoms. The van der Waals surface area contributed by atoms with Crippen LogP contribution in [0.3, 0.4) is 0 Å². The van der Waals surface area contributed by atoms with Gasteiger partial charge in [0, 0.05) is 41.8 Å². The second kappa shape index (κ2) is 9.92. The van der Waals surface area contributed by atoms with Gasteiger partial charge in [-0.15, -0.1) is 0 Å². The Hall–Kier alpha value is -1.92. The summed E-state index contributed by atoms with van der Waals surface area (Å²) in [5, 5.41) is 8.04. The zero-order valence-corrected chi connectivity index (χ0v) is 20.9. The number of benzene rings is 1. The Balaban J connectivity index is 1.42. The summed E-state index contributed by atoms with van der Waals surface area (Å²) in [5.41, 5.74) is 2.37. The molecule has 0 amide bonds. The van der Waals surface area contributed by atoms with E-state index in [1.807, 2.05) is 19.1 Å². The van der Waals surface area contributed by atoms with Crippen LogP contribution in [0, 0.1) is 18.8 Å². The van der Waals surface area contributed by atoms with Gasteiger partial charge in [0.15, 0.2) is 5.11 Å². The maximum atomic E-state index is 6.12. The molecule has 4 rings (SSSR count). The van der Waals surface area contributed by atoms with Crippen LogP contribution in [0.25, 0.3) is 0 Å². The fourth-order valence-corrected chi connectivity index (χ4v) is 5.73. The van der Waals surface area contributed by atoms with E-state index in [1.54, 1.807) is 0 Å². The lowest BCUT2D eigenvalue weighted by molar-refractivity contribution is 0.355. The van der Waals surface area contributed by atoms with Crippen molar-refractivity contribution in [1.82, 2.24) is 15.3 Å². The molecule has 1 saturated carbocycles. The van der Waals surface area contributed by atoms with Crippen molar-refractivity contribution in [2.24, 2.45) is 11.8 Å². The van der Waals surface area contributed by atoms with Gasteiger partial charge in [0.05, 0.1) is 0 Å². The highest BCUT2D eigenvalue weighted by Crippen LogP contribution is 2.41. The lowest BCUT2D eigenvalue weighted by atomic mass is 9.79. The number of aromatic nitrogens is 2. The third kappa shape index (κ3) is 5.52. The second-order valence-electron chi connectivity index (χ2n) is 9.84. The highest BCUT2D eigenvalue weighted by Gasteiger charge is 2.35. The summed E-state index contributed by atoms with van der Waals surface area (Å²) in [4.78, 5) is 11.8. The number of piperidine rings is 1. The molecule has 0 bridgehead atoms. The average molecular weight is 472 g/mol. The zero-order valence-electron chi connectivity index (χ0n) is 19.3. The van der Waals surface area contributed by atoms with Gasteiger partial charge < -0.3 is 15.5 Å². The van der Waals surface area contributed by atoms with Crippen molar-refractivity contribution in [3.63, 3.8) is 0 Å². The van der Waals surface area contributed by atoms with Crippen molar-refractivity contribution in [3.8, 4) is 0 Å². The van der Waals surface area contributed by atoms with Gasteiger partial charge in [-0.1, -0.05) is 50.4 Å². The normalized spacial score (nSPS) is 22.6. The van der Waals surface area contributed by atoms with Crippen molar-refractivity contribution < 1.29 is 0 Å². The number of hydrogen-bond donors (Lipinski definition) is 2. The van der Waals surface area contributed by atoms with Crippen LogP contribution in [0.2, 0.25) is 5.02 Å². The Labute approximate surface area is 202 Å². The van der Waals surface area contributed by atoms with Crippen LogP contribution in [0.5, 0.6) is 0 Å². The van der Waals surface area contributed by atoms with Crippen LogP contribution in [-0.4, -0.2) is 34.7 Å². The fraction of sp³-hybridized carbons (Fsp3) is 0.560. The standard InChI is InChI=1S/C25H34ClN5S/c1-17-12-18(2)15-31(14-17)22-13-19(3)28-23(29-22)30-24(32)27-16-25(10-4-5-11-25)20-6-8-21(26)9-7-20/h6-9,13,17-18H,4-5,10-12,14-16H2,1-3H3,(H2,27,28,29,30,32). The Morgan fingerprint density at radius 1 is 1.12 bits per heavy atom. The molecule has 2 aromatic rings. The van der Waals surface area contributed by atoms with E-state index in [4.69, 9.17) is 28.8 Å². The maximum absolute atomic E-state index is 6.12. The van der Waals surface area contributed by atoms with Crippen LogP contribution in [0.15, 0.2) is 30.3 Å². The first kappa shape index (κ1) is 23.2. The van der Waals surface area contributed by atoms with Gasteiger partial charge in [0.25, 0.3) is 0 Å². The Morgan fingerprint density at radius 2 is 1.78 bits per heavy atom. The molecule has 1 saturated heterocycles. The lowest BCUT2D eigenvalue weighted by Crippen LogP contribution is -2.41. The van der Waals surface area contributed by atoms with E-state index in [0.29, 0.717) is 22.9 Å². The van der Waals surface area contributed by atoms with Crippen molar-refractivity contribution in [1.29, 1.82) is 0 Å². The van der Waals surface area contributed by atoms with E-state index in [2.05, 4.69) is 52.6 Å². The van der Waals surface area contributed by atoms with E-state index in [-0.39, 0.29) is 5.41 Å². The van der Waals surface area contributed by atoms with E-state index < -0.39 is 0 Å². The molecular weight excluding hydrogens is 438 g/mol. The molecule has 2 N–H and O–H groups in total. The van der Waals surface area contributed by atoms with Crippen molar-refractivity contribution >= 4 is 40.7 Å². The van der Waals surface area contributed by atoms with Crippen molar-refractivity contribution in [2.45, 2.75) is 58.3 Å². The predicted octanol–water partition coefficient (Wildman–Crippen LogP) is 5.72. The summed E-state index contributed by atoms with van der Waals surface area (Å²) < 4.78 is 0. The van der Waals surface area contributed by atoms with E-state index in [1.165, 1.54) is 24.8 Å². The number of hydrogen-bond acceptors (Lipinski definition) is 4. The molecule has 172 valence electrons. The van der Waals surface area contributed by atoms with Gasteiger partial charge in [0.2, 0.25) is 5.95 Å². The first-order valence-corrected chi connectivity index (χ1v) is 12.5. The van der Waals surface area contributed by atoms with Gasteiger partial charge in [-0.2, -0.15) is 4.98 Å². The molecule has 0 radical (unpaired) electrons. The molecule has 5 nitrogen and oxygen atoms in total. The zero-order chi connectivity index (χ0) is 22.7. The first-order valence-electron chi connectivity index (χ1n) is 11.7. The van der Waals surface area contributed by atoms with Gasteiger partial charge in [-0.25, -0.2) is 4.98 Å². The number of rotatable bonds is 5. The Bertz CT molecular complexity index is 932. The quantitative estimate of drug-likeness (QED) is 0.544. The molecule has 1 aromatic carbocycles. The lowest BCUT2D eigenvalue weighted by Gasteiger charge is -2.36. The van der Waals surface area contributed by atoms with Crippen LogP contribution in [0.4, 0.5) is 11.8 Å². The van der Waals surface area contributed by atoms with Crippen molar-refractivity contribution in [3.05, 3.63) is 46.6 Å². The number of nitrogens with one attached hydrogen (secondary N) is 2. The van der Waals surface area contributed by atoms with Gasteiger partial charge in [0.1, 0.15) is 5.82 Å². The van der Waals surface area contributed by atoms with Crippen LogP contribution >= 0.6 is 23.8 Å². The summed E-state index contributed by atoms with van der Waals surface area (Å²) in [6.07, 6.45) is 6.06. The molecule has 1 aromatic heterocycles.